The number of hydrogen-bond acceptors (Lipinski definition) is 1. The van der Waals surface area contributed by atoms with Crippen LogP contribution in [-0.4, -0.2) is 9.97 Å². The number of imidazole rings is 1. The normalized spacial score (nSPS) is 9.36. The number of hydrogen-bond donors (Lipinski definition) is 1. The van der Waals surface area contributed by atoms with E-state index in [9.17, 15) is 0 Å². The van der Waals surface area contributed by atoms with Crippen LogP contribution in [0.4, 0.5) is 0 Å². The Hall–Kier alpha value is -0.790. The van der Waals surface area contributed by atoms with Gasteiger partial charge in [0.15, 0.2) is 0 Å². The van der Waals surface area contributed by atoms with Gasteiger partial charge in [-0.25, -0.2) is 4.98 Å². The van der Waals surface area contributed by atoms with Crippen molar-refractivity contribution in [1.29, 1.82) is 0 Å². The van der Waals surface area contributed by atoms with E-state index in [0.717, 1.165) is 5.82 Å². The van der Waals surface area contributed by atoms with E-state index in [2.05, 4.69) is 23.8 Å². The molecule has 1 aromatic rings. The Balaban J connectivity index is 0.000000249. The third-order valence-electron chi connectivity index (χ3n) is 2.09. The Morgan fingerprint density at radius 1 is 1.07 bits per heavy atom. The quantitative estimate of drug-likeness (QED) is 0.706. The molecule has 0 aromatic carbocycles. The molecule has 1 aromatic heterocycles. The molecule has 14 heavy (non-hydrogen) atoms. The van der Waals surface area contributed by atoms with Gasteiger partial charge in [0, 0.05) is 12.4 Å². The van der Waals surface area contributed by atoms with E-state index in [1.807, 2.05) is 6.92 Å². The summed E-state index contributed by atoms with van der Waals surface area (Å²) in [6, 6.07) is 0. The van der Waals surface area contributed by atoms with Crippen molar-refractivity contribution in [3.05, 3.63) is 18.2 Å². The first-order valence-electron chi connectivity index (χ1n) is 5.77. The predicted molar refractivity (Wildman–Crippen MR) is 62.4 cm³/mol. The number of aryl methyl sites for hydroxylation is 1. The monoisotopic (exact) mass is 196 g/mol. The first-order chi connectivity index (χ1) is 6.81. The lowest BCUT2D eigenvalue weighted by Gasteiger charge is -1.93. The van der Waals surface area contributed by atoms with Crippen LogP contribution in [0.15, 0.2) is 12.4 Å². The van der Waals surface area contributed by atoms with Crippen LogP contribution in [0, 0.1) is 6.92 Å². The second kappa shape index (κ2) is 10.3. The fraction of sp³-hybridized carbons (Fsp3) is 0.750. The van der Waals surface area contributed by atoms with Crippen molar-refractivity contribution in [3.63, 3.8) is 0 Å². The molecular weight excluding hydrogens is 172 g/mol. The molecule has 0 aliphatic rings. The average Bonchev–Trinajstić information content (AvgIpc) is 2.65. The third-order valence-corrected chi connectivity index (χ3v) is 2.09. The van der Waals surface area contributed by atoms with Crippen LogP contribution in [0.25, 0.3) is 0 Å². The summed E-state index contributed by atoms with van der Waals surface area (Å²) in [4.78, 5) is 6.75. The Kier molecular flexibility index (Phi) is 9.71. The summed E-state index contributed by atoms with van der Waals surface area (Å²) in [6.07, 6.45) is 12.0. The molecule has 82 valence electrons. The van der Waals surface area contributed by atoms with Crippen LogP contribution in [0.3, 0.4) is 0 Å². The molecule has 0 aliphatic carbocycles. The molecule has 0 fully saturated rings. The van der Waals surface area contributed by atoms with Gasteiger partial charge in [-0.3, -0.25) is 0 Å². The summed E-state index contributed by atoms with van der Waals surface area (Å²) < 4.78 is 0. The van der Waals surface area contributed by atoms with Crippen molar-refractivity contribution in [2.24, 2.45) is 0 Å². The second-order valence-electron chi connectivity index (χ2n) is 3.59. The zero-order valence-electron chi connectivity index (χ0n) is 9.84. The van der Waals surface area contributed by atoms with Crippen molar-refractivity contribution in [2.45, 2.75) is 59.3 Å². The minimum atomic E-state index is 0.968. The van der Waals surface area contributed by atoms with Gasteiger partial charge in [0.1, 0.15) is 5.82 Å². The molecule has 0 saturated heterocycles. The van der Waals surface area contributed by atoms with Gasteiger partial charge in [-0.05, 0) is 6.92 Å². The molecule has 0 amide bonds. The first kappa shape index (κ1) is 13.2. The Morgan fingerprint density at radius 2 is 1.64 bits per heavy atom. The lowest BCUT2D eigenvalue weighted by Crippen LogP contribution is -1.73. The van der Waals surface area contributed by atoms with Crippen molar-refractivity contribution in [2.75, 3.05) is 0 Å². The molecule has 0 radical (unpaired) electrons. The minimum Gasteiger partial charge on any atom is -0.349 e. The maximum atomic E-state index is 3.86. The van der Waals surface area contributed by atoms with Crippen LogP contribution >= 0.6 is 0 Å². The molecule has 0 unspecified atom stereocenters. The van der Waals surface area contributed by atoms with Crippen LogP contribution in [-0.2, 0) is 0 Å². The lowest BCUT2D eigenvalue weighted by atomic mass is 10.1. The van der Waals surface area contributed by atoms with Gasteiger partial charge in [-0.1, -0.05) is 52.4 Å². The zero-order valence-corrected chi connectivity index (χ0v) is 9.84. The fourth-order valence-electron chi connectivity index (χ4n) is 1.20. The summed E-state index contributed by atoms with van der Waals surface area (Å²) >= 11 is 0. The van der Waals surface area contributed by atoms with E-state index in [-0.39, 0.29) is 0 Å². The molecule has 0 bridgehead atoms. The highest BCUT2D eigenvalue weighted by atomic mass is 14.9. The lowest BCUT2D eigenvalue weighted by molar-refractivity contribution is 0.624. The molecule has 1 heterocycles. The molecule has 0 aliphatic heterocycles. The number of aromatic nitrogens is 2. The molecule has 1 N–H and O–H groups in total. The van der Waals surface area contributed by atoms with Gasteiger partial charge in [0.05, 0.1) is 0 Å². The molecule has 2 heteroatoms. The van der Waals surface area contributed by atoms with Gasteiger partial charge in [0.2, 0.25) is 0 Å². The molecule has 0 atom stereocenters. The molecule has 0 spiro atoms. The minimum absolute atomic E-state index is 0.968. The largest absolute Gasteiger partial charge is 0.349 e. The van der Waals surface area contributed by atoms with Gasteiger partial charge < -0.3 is 4.98 Å². The Labute approximate surface area is 88.2 Å². The van der Waals surface area contributed by atoms with Gasteiger partial charge in [-0.15, -0.1) is 0 Å². The van der Waals surface area contributed by atoms with Crippen molar-refractivity contribution >= 4 is 0 Å². The maximum absolute atomic E-state index is 3.86. The third kappa shape index (κ3) is 9.30. The Morgan fingerprint density at radius 3 is 1.86 bits per heavy atom. The summed E-state index contributed by atoms with van der Waals surface area (Å²) in [5.41, 5.74) is 0. The van der Waals surface area contributed by atoms with Gasteiger partial charge in [0.25, 0.3) is 0 Å². The summed E-state index contributed by atoms with van der Waals surface area (Å²) in [5, 5.41) is 0. The molecule has 1 rings (SSSR count). The number of H-pyrrole nitrogens is 1. The number of nitrogens with zero attached hydrogens (tertiary/aromatic N) is 1. The molecular formula is C12H24N2. The summed E-state index contributed by atoms with van der Waals surface area (Å²) in [7, 11) is 0. The number of unbranched alkanes of at least 4 members (excludes halogenated alkanes) is 5. The van der Waals surface area contributed by atoms with Gasteiger partial charge in [-0.2, -0.15) is 0 Å². The second-order valence-corrected chi connectivity index (χ2v) is 3.59. The van der Waals surface area contributed by atoms with E-state index in [4.69, 9.17) is 0 Å². The first-order valence-corrected chi connectivity index (χ1v) is 5.77. The number of rotatable bonds is 5. The standard InChI is InChI=1S/C8H18.C4H6N2/c1-3-5-7-8-6-4-2;1-4-5-2-3-6-4/h3-8H2,1-2H3;2-3H,1H3,(H,5,6). The highest BCUT2D eigenvalue weighted by molar-refractivity contribution is 4.80. The summed E-state index contributed by atoms with van der Waals surface area (Å²) in [6.45, 7) is 6.43. The highest BCUT2D eigenvalue weighted by Gasteiger charge is 1.83. The highest BCUT2D eigenvalue weighted by Crippen LogP contribution is 2.03. The van der Waals surface area contributed by atoms with E-state index in [0.29, 0.717) is 0 Å². The number of nitrogens with one attached hydrogen (secondary N) is 1. The van der Waals surface area contributed by atoms with E-state index >= 15 is 0 Å². The van der Waals surface area contributed by atoms with Crippen molar-refractivity contribution < 1.29 is 0 Å². The SMILES string of the molecule is CCCCCCCC.Cc1ncc[nH]1. The van der Waals surface area contributed by atoms with Crippen LogP contribution < -0.4 is 0 Å². The topological polar surface area (TPSA) is 28.7 Å². The average molecular weight is 196 g/mol. The summed E-state index contributed by atoms with van der Waals surface area (Å²) in [5.74, 6) is 0.968. The fourth-order valence-corrected chi connectivity index (χ4v) is 1.20. The zero-order chi connectivity index (χ0) is 10.6. The number of aromatic amines is 1. The van der Waals surface area contributed by atoms with E-state index in [1.165, 1.54) is 38.5 Å². The van der Waals surface area contributed by atoms with E-state index < -0.39 is 0 Å². The van der Waals surface area contributed by atoms with Crippen LogP contribution in [0.5, 0.6) is 0 Å². The van der Waals surface area contributed by atoms with Crippen molar-refractivity contribution in [1.82, 2.24) is 9.97 Å². The maximum Gasteiger partial charge on any atom is 0.102 e. The molecule has 0 saturated carbocycles. The van der Waals surface area contributed by atoms with Crippen molar-refractivity contribution in [3.8, 4) is 0 Å². The predicted octanol–water partition coefficient (Wildman–Crippen LogP) is 4.08. The smallest absolute Gasteiger partial charge is 0.102 e. The molecule has 2 nitrogen and oxygen atoms in total. The van der Waals surface area contributed by atoms with Crippen LogP contribution in [0.1, 0.15) is 58.2 Å². The van der Waals surface area contributed by atoms with Gasteiger partial charge >= 0.3 is 0 Å². The van der Waals surface area contributed by atoms with Crippen LogP contribution in [0.2, 0.25) is 0 Å². The Bertz CT molecular complexity index is 174. The van der Waals surface area contributed by atoms with E-state index in [1.54, 1.807) is 12.4 Å².